The maximum absolute atomic E-state index is 12.7. The van der Waals surface area contributed by atoms with Crippen LogP contribution in [0.15, 0.2) is 24.3 Å². The number of Topliss-reactive ketones (excluding diaryl/α,β-unsaturated/α-hetero) is 1. The second kappa shape index (κ2) is 8.05. The Morgan fingerprint density at radius 2 is 1.68 bits per heavy atom. The molecule has 2 unspecified atom stereocenters. The highest BCUT2D eigenvalue weighted by Crippen LogP contribution is 2.62. The minimum atomic E-state index is -0.874. The number of anilines is 1. The quantitative estimate of drug-likeness (QED) is 0.504. The summed E-state index contributed by atoms with van der Waals surface area (Å²) >= 11 is 0. The second-order valence-corrected chi connectivity index (χ2v) is 10.6. The summed E-state index contributed by atoms with van der Waals surface area (Å²) in [6, 6.07) is 6.63. The van der Waals surface area contributed by atoms with E-state index in [-0.39, 0.29) is 35.4 Å². The van der Waals surface area contributed by atoms with E-state index in [2.05, 4.69) is 5.32 Å². The van der Waals surface area contributed by atoms with Gasteiger partial charge in [0.25, 0.3) is 0 Å². The van der Waals surface area contributed by atoms with Gasteiger partial charge >= 0.3 is 5.97 Å². The van der Waals surface area contributed by atoms with Gasteiger partial charge in [-0.15, -0.1) is 0 Å². The summed E-state index contributed by atoms with van der Waals surface area (Å²) in [5, 5.41) is 13.7. The van der Waals surface area contributed by atoms with Gasteiger partial charge in [0.05, 0.1) is 12.0 Å². The Hall–Kier alpha value is -2.21. The van der Waals surface area contributed by atoms with Crippen LogP contribution in [-0.2, 0) is 14.3 Å². The lowest BCUT2D eigenvalue weighted by atomic mass is 9.47. The normalized spacial score (nSPS) is 32.0. The summed E-state index contributed by atoms with van der Waals surface area (Å²) in [5.41, 5.74) is 0.277. The monoisotopic (exact) mass is 427 g/mol. The first-order valence-electron chi connectivity index (χ1n) is 11.4. The minimum absolute atomic E-state index is 0.0873. The molecule has 6 heteroatoms. The fourth-order valence-corrected chi connectivity index (χ4v) is 6.45. The van der Waals surface area contributed by atoms with Crippen LogP contribution in [0.1, 0.15) is 76.1 Å². The van der Waals surface area contributed by atoms with Crippen molar-refractivity contribution in [1.29, 1.82) is 0 Å². The zero-order valence-corrected chi connectivity index (χ0v) is 18.6. The highest BCUT2D eigenvalue weighted by Gasteiger charge is 2.57. The van der Waals surface area contributed by atoms with Crippen LogP contribution in [0, 0.1) is 23.2 Å². The first-order valence-corrected chi connectivity index (χ1v) is 11.4. The van der Waals surface area contributed by atoms with Crippen molar-refractivity contribution in [3.8, 4) is 0 Å². The van der Waals surface area contributed by atoms with Gasteiger partial charge in [-0.3, -0.25) is 14.4 Å². The van der Waals surface area contributed by atoms with Crippen molar-refractivity contribution >= 4 is 23.3 Å². The molecule has 1 aromatic rings. The summed E-state index contributed by atoms with van der Waals surface area (Å²) < 4.78 is 5.52. The van der Waals surface area contributed by atoms with Crippen LogP contribution >= 0.6 is 0 Å². The molecule has 31 heavy (non-hydrogen) atoms. The Bertz CT molecular complexity index is 860. The lowest BCUT2D eigenvalue weighted by Gasteiger charge is -2.60. The number of carbonyl (C=O) groups is 3. The summed E-state index contributed by atoms with van der Waals surface area (Å²) in [6.07, 6.45) is 4.93. The summed E-state index contributed by atoms with van der Waals surface area (Å²) in [6.45, 7) is 5.22. The Labute approximate surface area is 183 Å². The maximum Gasteiger partial charge on any atom is 0.307 e. The molecule has 4 fully saturated rings. The average molecular weight is 428 g/mol. The fraction of sp³-hybridized carbons (Fsp3) is 0.640. The van der Waals surface area contributed by atoms with Gasteiger partial charge in [-0.05, 0) is 87.0 Å². The molecule has 0 saturated heterocycles. The molecule has 1 aromatic carbocycles. The van der Waals surface area contributed by atoms with Crippen molar-refractivity contribution in [2.45, 2.75) is 77.4 Å². The number of esters is 1. The van der Waals surface area contributed by atoms with Crippen molar-refractivity contribution in [3.63, 3.8) is 0 Å². The Balaban J connectivity index is 1.34. The van der Waals surface area contributed by atoms with Crippen LogP contribution in [0.2, 0.25) is 0 Å². The van der Waals surface area contributed by atoms with E-state index in [0.29, 0.717) is 29.5 Å². The maximum atomic E-state index is 12.7. The SMILES string of the molecule is CC(C)C(=O)Nc1ccc(C(=O)[C@@H](C)OC(=O)CC23C[C@@H]4C[C@@H](CC(O)(C4)C2)C3)cc1. The van der Waals surface area contributed by atoms with E-state index in [9.17, 15) is 19.5 Å². The molecule has 4 saturated carbocycles. The molecule has 2 N–H and O–H groups in total. The zero-order chi connectivity index (χ0) is 22.4. The number of rotatable bonds is 7. The molecule has 0 radical (unpaired) electrons. The number of hydrogen-bond acceptors (Lipinski definition) is 5. The number of nitrogens with one attached hydrogen (secondary N) is 1. The molecule has 4 bridgehead atoms. The van der Waals surface area contributed by atoms with Crippen LogP contribution in [0.25, 0.3) is 0 Å². The number of hydrogen-bond donors (Lipinski definition) is 2. The van der Waals surface area contributed by atoms with Gasteiger partial charge in [0.1, 0.15) is 0 Å². The molecule has 0 aliphatic heterocycles. The largest absolute Gasteiger partial charge is 0.454 e. The van der Waals surface area contributed by atoms with Crippen molar-refractivity contribution in [2.24, 2.45) is 23.2 Å². The number of ketones is 1. The van der Waals surface area contributed by atoms with Gasteiger partial charge in [-0.25, -0.2) is 0 Å². The Kier molecular flexibility index (Phi) is 5.71. The predicted molar refractivity (Wildman–Crippen MR) is 116 cm³/mol. The molecule has 6 nitrogen and oxygen atoms in total. The molecule has 5 rings (SSSR count). The molecular formula is C25H33NO5. The van der Waals surface area contributed by atoms with Crippen LogP contribution in [0.5, 0.6) is 0 Å². The smallest absolute Gasteiger partial charge is 0.307 e. The molecule has 0 aromatic heterocycles. The van der Waals surface area contributed by atoms with Crippen LogP contribution in [0.4, 0.5) is 5.69 Å². The average Bonchev–Trinajstić information content (AvgIpc) is 2.65. The minimum Gasteiger partial charge on any atom is -0.454 e. The zero-order valence-electron chi connectivity index (χ0n) is 18.6. The predicted octanol–water partition coefficient (Wildman–Crippen LogP) is 4.12. The van der Waals surface area contributed by atoms with Crippen molar-refractivity contribution in [2.75, 3.05) is 5.32 Å². The highest BCUT2D eigenvalue weighted by atomic mass is 16.5. The number of amides is 1. The topological polar surface area (TPSA) is 92.7 Å². The lowest BCUT2D eigenvalue weighted by molar-refractivity contribution is -0.178. The van der Waals surface area contributed by atoms with E-state index in [0.717, 1.165) is 25.7 Å². The third kappa shape index (κ3) is 4.69. The second-order valence-electron chi connectivity index (χ2n) is 10.6. The first kappa shape index (κ1) is 22.0. The van der Waals surface area contributed by atoms with Gasteiger partial charge < -0.3 is 15.2 Å². The van der Waals surface area contributed by atoms with Crippen molar-refractivity contribution < 1.29 is 24.2 Å². The third-order valence-corrected chi connectivity index (χ3v) is 7.31. The van der Waals surface area contributed by atoms with Gasteiger partial charge in [0.15, 0.2) is 6.10 Å². The fourth-order valence-electron chi connectivity index (χ4n) is 6.45. The van der Waals surface area contributed by atoms with Crippen LogP contribution < -0.4 is 5.32 Å². The van der Waals surface area contributed by atoms with Gasteiger partial charge in [-0.2, -0.15) is 0 Å². The number of aliphatic hydroxyl groups is 1. The first-order chi connectivity index (χ1) is 14.6. The van der Waals surface area contributed by atoms with E-state index >= 15 is 0 Å². The molecule has 4 aliphatic rings. The molecule has 1 amide bonds. The van der Waals surface area contributed by atoms with E-state index in [1.807, 2.05) is 13.8 Å². The Morgan fingerprint density at radius 3 is 2.23 bits per heavy atom. The van der Waals surface area contributed by atoms with Crippen LogP contribution in [-0.4, -0.2) is 34.5 Å². The number of benzene rings is 1. The molecule has 0 heterocycles. The van der Waals surface area contributed by atoms with Crippen molar-refractivity contribution in [3.05, 3.63) is 29.8 Å². The Morgan fingerprint density at radius 1 is 1.06 bits per heavy atom. The molecule has 5 atom stereocenters. The molecule has 0 spiro atoms. The van der Waals surface area contributed by atoms with E-state index in [1.165, 1.54) is 6.42 Å². The molecule has 4 aliphatic carbocycles. The highest BCUT2D eigenvalue weighted by molar-refractivity contribution is 6.01. The molecule has 168 valence electrons. The standard InChI is InChI=1S/C25H33NO5/c1-15(2)23(29)26-20-6-4-19(5-7-20)22(28)16(3)31-21(27)13-24-9-17-8-18(10-24)12-25(30,11-17)14-24/h4-7,15-18,30H,8-14H2,1-3H3,(H,26,29)/t16-,17-,18+,24?,25?/m1/s1. The van der Waals surface area contributed by atoms with Gasteiger partial charge in [0.2, 0.25) is 11.7 Å². The van der Waals surface area contributed by atoms with E-state index in [1.54, 1.807) is 31.2 Å². The van der Waals surface area contributed by atoms with Gasteiger partial charge in [0, 0.05) is 17.2 Å². The van der Waals surface area contributed by atoms with Crippen LogP contribution in [0.3, 0.4) is 0 Å². The van der Waals surface area contributed by atoms with Crippen molar-refractivity contribution in [1.82, 2.24) is 0 Å². The number of ether oxygens (including phenoxy) is 1. The third-order valence-electron chi connectivity index (χ3n) is 7.31. The van der Waals surface area contributed by atoms with E-state index in [4.69, 9.17) is 4.74 Å². The molecular weight excluding hydrogens is 394 g/mol. The van der Waals surface area contributed by atoms with Gasteiger partial charge in [-0.1, -0.05) is 13.8 Å². The lowest BCUT2D eigenvalue weighted by Crippen LogP contribution is -2.56. The summed E-state index contributed by atoms with van der Waals surface area (Å²) in [4.78, 5) is 37.2. The van der Waals surface area contributed by atoms with E-state index < -0.39 is 11.7 Å². The summed E-state index contributed by atoms with van der Waals surface area (Å²) in [7, 11) is 0. The number of carbonyl (C=O) groups excluding carboxylic acids is 3. The summed E-state index contributed by atoms with van der Waals surface area (Å²) in [5.74, 6) is 0.179.